The van der Waals surface area contributed by atoms with Crippen molar-refractivity contribution in [2.45, 2.75) is 31.7 Å². The molecule has 1 aliphatic carbocycles. The Morgan fingerprint density at radius 1 is 1.47 bits per heavy atom. The fourth-order valence-electron chi connectivity index (χ4n) is 1.95. The molecule has 2 N–H and O–H groups in total. The van der Waals surface area contributed by atoms with Crippen molar-refractivity contribution >= 4 is 5.78 Å². The first-order valence-corrected chi connectivity index (χ1v) is 5.67. The number of nitrogens with two attached hydrogens (primary N) is 1. The summed E-state index contributed by atoms with van der Waals surface area (Å²) in [5, 5.41) is 0. The second-order valence-corrected chi connectivity index (χ2v) is 4.89. The molecule has 0 bridgehead atoms. The SMILES string of the molecule is CC(N)(C(=O)Cc1cc(F)ccc1F)C1CC1. The Bertz CT molecular complexity index is 453. The molecule has 17 heavy (non-hydrogen) atoms. The van der Waals surface area contributed by atoms with Crippen molar-refractivity contribution in [3.63, 3.8) is 0 Å². The molecular formula is C13H15F2NO. The van der Waals surface area contributed by atoms with E-state index in [-0.39, 0.29) is 23.7 Å². The molecule has 0 saturated heterocycles. The predicted octanol–water partition coefficient (Wildman–Crippen LogP) is 2.20. The minimum atomic E-state index is -0.918. The van der Waals surface area contributed by atoms with E-state index >= 15 is 0 Å². The van der Waals surface area contributed by atoms with Gasteiger partial charge in [0.15, 0.2) is 5.78 Å². The number of carbonyl (C=O) groups is 1. The quantitative estimate of drug-likeness (QED) is 0.875. The van der Waals surface area contributed by atoms with Gasteiger partial charge in [-0.15, -0.1) is 0 Å². The van der Waals surface area contributed by atoms with Gasteiger partial charge >= 0.3 is 0 Å². The lowest BCUT2D eigenvalue weighted by atomic mass is 9.88. The summed E-state index contributed by atoms with van der Waals surface area (Å²) in [7, 11) is 0. The molecule has 0 aromatic heterocycles. The topological polar surface area (TPSA) is 43.1 Å². The van der Waals surface area contributed by atoms with E-state index in [0.717, 1.165) is 31.0 Å². The van der Waals surface area contributed by atoms with Crippen LogP contribution in [0.5, 0.6) is 0 Å². The Hall–Kier alpha value is -1.29. The highest BCUT2D eigenvalue weighted by Crippen LogP contribution is 2.39. The van der Waals surface area contributed by atoms with Gasteiger partial charge in [0.25, 0.3) is 0 Å². The van der Waals surface area contributed by atoms with Gasteiger partial charge in [-0.05, 0) is 49.4 Å². The molecule has 0 spiro atoms. The van der Waals surface area contributed by atoms with E-state index in [1.807, 2.05) is 0 Å². The van der Waals surface area contributed by atoms with Gasteiger partial charge in [0.1, 0.15) is 11.6 Å². The standard InChI is InChI=1S/C13H15F2NO/c1-13(16,9-2-3-9)12(17)7-8-6-10(14)4-5-11(8)15/h4-6,9H,2-3,7,16H2,1H3. The summed E-state index contributed by atoms with van der Waals surface area (Å²) in [6, 6.07) is 3.12. The first-order chi connectivity index (χ1) is 7.91. The van der Waals surface area contributed by atoms with Crippen LogP contribution >= 0.6 is 0 Å². The molecule has 0 amide bonds. The molecule has 1 unspecified atom stereocenters. The average Bonchev–Trinajstić information content (AvgIpc) is 3.07. The first kappa shape index (κ1) is 12.2. The minimum absolute atomic E-state index is 0.0762. The van der Waals surface area contributed by atoms with Crippen molar-refractivity contribution in [1.29, 1.82) is 0 Å². The lowest BCUT2D eigenvalue weighted by Gasteiger charge is -2.22. The maximum Gasteiger partial charge on any atom is 0.157 e. The van der Waals surface area contributed by atoms with Crippen LogP contribution in [0.2, 0.25) is 0 Å². The molecule has 92 valence electrons. The van der Waals surface area contributed by atoms with Crippen LogP contribution in [0.1, 0.15) is 25.3 Å². The van der Waals surface area contributed by atoms with Gasteiger partial charge in [-0.3, -0.25) is 4.79 Å². The highest BCUT2D eigenvalue weighted by Gasteiger charge is 2.43. The molecule has 1 aliphatic rings. The van der Waals surface area contributed by atoms with Crippen LogP contribution in [0.15, 0.2) is 18.2 Å². The number of ketones is 1. The van der Waals surface area contributed by atoms with Gasteiger partial charge in [0.05, 0.1) is 5.54 Å². The molecule has 1 fully saturated rings. The molecular weight excluding hydrogens is 224 g/mol. The van der Waals surface area contributed by atoms with Crippen molar-refractivity contribution in [2.75, 3.05) is 0 Å². The van der Waals surface area contributed by atoms with Gasteiger partial charge in [0.2, 0.25) is 0 Å². The monoisotopic (exact) mass is 239 g/mol. The Morgan fingerprint density at radius 2 is 2.12 bits per heavy atom. The molecule has 1 aromatic rings. The Morgan fingerprint density at radius 3 is 2.71 bits per heavy atom. The van der Waals surface area contributed by atoms with Crippen molar-refractivity contribution in [1.82, 2.24) is 0 Å². The van der Waals surface area contributed by atoms with Gasteiger partial charge in [-0.2, -0.15) is 0 Å². The maximum absolute atomic E-state index is 13.4. The molecule has 1 aromatic carbocycles. The summed E-state index contributed by atoms with van der Waals surface area (Å²) >= 11 is 0. The van der Waals surface area contributed by atoms with Crippen LogP contribution in [0.3, 0.4) is 0 Å². The van der Waals surface area contributed by atoms with Crippen LogP contribution in [-0.4, -0.2) is 11.3 Å². The second kappa shape index (κ2) is 4.18. The number of hydrogen-bond donors (Lipinski definition) is 1. The molecule has 1 saturated carbocycles. The normalized spacial score (nSPS) is 18.8. The molecule has 2 rings (SSSR count). The van der Waals surface area contributed by atoms with E-state index in [4.69, 9.17) is 5.73 Å². The number of benzene rings is 1. The Labute approximate surface area is 98.8 Å². The molecule has 0 heterocycles. The molecule has 0 aliphatic heterocycles. The van der Waals surface area contributed by atoms with Gasteiger partial charge < -0.3 is 5.73 Å². The summed E-state index contributed by atoms with van der Waals surface area (Å²) in [6.07, 6.45) is 1.72. The Balaban J connectivity index is 2.15. The maximum atomic E-state index is 13.4. The number of Topliss-reactive ketones (excluding diaryl/α,β-unsaturated/α-hetero) is 1. The van der Waals surface area contributed by atoms with Crippen LogP contribution < -0.4 is 5.73 Å². The third kappa shape index (κ3) is 2.52. The van der Waals surface area contributed by atoms with Crippen LogP contribution in [0, 0.1) is 17.6 Å². The van der Waals surface area contributed by atoms with Crippen molar-refractivity contribution in [2.24, 2.45) is 11.7 Å². The first-order valence-electron chi connectivity index (χ1n) is 5.67. The molecule has 1 atom stereocenters. The van der Waals surface area contributed by atoms with Gasteiger partial charge in [-0.1, -0.05) is 0 Å². The smallest absolute Gasteiger partial charge is 0.157 e. The lowest BCUT2D eigenvalue weighted by molar-refractivity contribution is -0.123. The number of halogens is 2. The largest absolute Gasteiger partial charge is 0.319 e. The van der Waals surface area contributed by atoms with E-state index in [0.29, 0.717) is 0 Å². The van der Waals surface area contributed by atoms with Crippen molar-refractivity contribution < 1.29 is 13.6 Å². The molecule has 0 radical (unpaired) electrons. The predicted molar refractivity (Wildman–Crippen MR) is 60.4 cm³/mol. The zero-order valence-corrected chi connectivity index (χ0v) is 9.67. The summed E-state index contributed by atoms with van der Waals surface area (Å²) in [5.41, 5.74) is 5.09. The zero-order chi connectivity index (χ0) is 12.6. The number of hydrogen-bond acceptors (Lipinski definition) is 2. The lowest BCUT2D eigenvalue weighted by Crippen LogP contribution is -2.48. The fourth-order valence-corrected chi connectivity index (χ4v) is 1.95. The van der Waals surface area contributed by atoms with E-state index in [2.05, 4.69) is 0 Å². The van der Waals surface area contributed by atoms with Crippen LogP contribution in [0.4, 0.5) is 8.78 Å². The molecule has 2 nitrogen and oxygen atoms in total. The second-order valence-electron chi connectivity index (χ2n) is 4.89. The summed E-state index contributed by atoms with van der Waals surface area (Å²) in [6.45, 7) is 1.67. The highest BCUT2D eigenvalue weighted by atomic mass is 19.1. The highest BCUT2D eigenvalue weighted by molar-refractivity contribution is 5.90. The summed E-state index contributed by atoms with van der Waals surface area (Å²) in [5.74, 6) is -1.15. The van der Waals surface area contributed by atoms with E-state index in [9.17, 15) is 13.6 Å². The van der Waals surface area contributed by atoms with Crippen molar-refractivity contribution in [3.8, 4) is 0 Å². The van der Waals surface area contributed by atoms with Crippen molar-refractivity contribution in [3.05, 3.63) is 35.4 Å². The third-order valence-electron chi connectivity index (χ3n) is 3.39. The van der Waals surface area contributed by atoms with Gasteiger partial charge in [0, 0.05) is 6.42 Å². The number of carbonyl (C=O) groups excluding carboxylic acids is 1. The third-order valence-corrected chi connectivity index (χ3v) is 3.39. The average molecular weight is 239 g/mol. The van der Waals surface area contributed by atoms with E-state index < -0.39 is 17.2 Å². The van der Waals surface area contributed by atoms with E-state index in [1.54, 1.807) is 6.92 Å². The fraction of sp³-hybridized carbons (Fsp3) is 0.462. The van der Waals surface area contributed by atoms with Gasteiger partial charge in [-0.25, -0.2) is 8.78 Å². The molecule has 4 heteroatoms. The van der Waals surface area contributed by atoms with Crippen LogP contribution in [0.25, 0.3) is 0 Å². The zero-order valence-electron chi connectivity index (χ0n) is 9.67. The Kier molecular flexibility index (Phi) is 3.00. The minimum Gasteiger partial charge on any atom is -0.319 e. The number of rotatable bonds is 4. The van der Waals surface area contributed by atoms with Crippen LogP contribution in [-0.2, 0) is 11.2 Å². The van der Waals surface area contributed by atoms with E-state index in [1.165, 1.54) is 0 Å². The summed E-state index contributed by atoms with van der Waals surface area (Å²) in [4.78, 5) is 12.0. The summed E-state index contributed by atoms with van der Waals surface area (Å²) < 4.78 is 26.3.